The van der Waals surface area contributed by atoms with E-state index in [1.807, 2.05) is 0 Å². The maximum Gasteiger partial charge on any atom is 0.387 e. The van der Waals surface area contributed by atoms with E-state index in [9.17, 15) is 23.2 Å². The molecule has 1 saturated carbocycles. The Bertz CT molecular complexity index is 1140. The van der Waals surface area contributed by atoms with Crippen LogP contribution in [0.4, 0.5) is 8.78 Å². The summed E-state index contributed by atoms with van der Waals surface area (Å²) in [5.74, 6) is -0.895. The summed E-state index contributed by atoms with van der Waals surface area (Å²) in [5, 5.41) is 2.77. The molecule has 1 aliphatic heterocycles. The molecule has 2 aromatic rings. The van der Waals surface area contributed by atoms with Gasteiger partial charge in [0.25, 0.3) is 5.91 Å². The first kappa shape index (κ1) is 25.3. The molecule has 11 heteroatoms. The molecular formula is C25H28F2N4O5. The minimum atomic E-state index is -2.98. The standard InChI is InChI=1S/C25H28F2N4O5/c1-14(32)31-12-17(9-20(31)24(34)29-11-18-3-2-4-19(30-18)23(28)33)16-7-8-21(36-25(26)27)22(10-16)35-13-15-5-6-15/h2-4,7-8,10,15,17,20,25H,5-6,9,11-13H2,1H3,(H2,28,33)(H,29,34)/t17?,20-/m1/s1. The normalized spacial score (nSPS) is 19.3. The number of nitrogens with zero attached hydrogens (tertiary/aromatic N) is 2. The molecule has 2 heterocycles. The van der Waals surface area contributed by atoms with Gasteiger partial charge in [-0.3, -0.25) is 14.4 Å². The van der Waals surface area contributed by atoms with Gasteiger partial charge < -0.3 is 25.4 Å². The van der Waals surface area contributed by atoms with E-state index in [2.05, 4.69) is 15.0 Å². The molecule has 1 aromatic carbocycles. The van der Waals surface area contributed by atoms with Crippen LogP contribution in [0.5, 0.6) is 11.5 Å². The number of primary amides is 1. The van der Waals surface area contributed by atoms with Crippen molar-refractivity contribution >= 4 is 17.7 Å². The molecule has 2 fully saturated rings. The van der Waals surface area contributed by atoms with Crippen LogP contribution in [0.15, 0.2) is 36.4 Å². The third kappa shape index (κ3) is 6.27. The maximum absolute atomic E-state index is 13.0. The van der Waals surface area contributed by atoms with E-state index in [0.29, 0.717) is 31.2 Å². The summed E-state index contributed by atoms with van der Waals surface area (Å²) in [6.07, 6.45) is 2.43. The fourth-order valence-electron chi connectivity index (χ4n) is 4.26. The van der Waals surface area contributed by atoms with Gasteiger partial charge in [0.2, 0.25) is 11.8 Å². The number of benzene rings is 1. The lowest BCUT2D eigenvalue weighted by atomic mass is 9.95. The van der Waals surface area contributed by atoms with Gasteiger partial charge in [-0.25, -0.2) is 4.98 Å². The van der Waals surface area contributed by atoms with Gasteiger partial charge in [0, 0.05) is 19.4 Å². The van der Waals surface area contributed by atoms with Crippen LogP contribution in [0.2, 0.25) is 0 Å². The number of carbonyl (C=O) groups excluding carboxylic acids is 3. The number of aromatic nitrogens is 1. The van der Waals surface area contributed by atoms with Crippen molar-refractivity contribution in [2.24, 2.45) is 11.7 Å². The van der Waals surface area contributed by atoms with Crippen molar-refractivity contribution in [2.45, 2.75) is 51.3 Å². The number of hydrogen-bond donors (Lipinski definition) is 2. The lowest BCUT2D eigenvalue weighted by molar-refractivity contribution is -0.136. The summed E-state index contributed by atoms with van der Waals surface area (Å²) in [6.45, 7) is -0.816. The van der Waals surface area contributed by atoms with E-state index in [1.165, 1.54) is 24.0 Å². The van der Waals surface area contributed by atoms with Gasteiger partial charge in [0.1, 0.15) is 11.7 Å². The van der Waals surface area contributed by atoms with Crippen LogP contribution < -0.4 is 20.5 Å². The SMILES string of the molecule is CC(=O)N1CC(c2ccc(OC(F)F)c(OCC3CC3)c2)C[C@@H]1C(=O)NCc1cccc(C(N)=O)n1. The number of nitrogens with two attached hydrogens (primary N) is 1. The maximum atomic E-state index is 13.0. The van der Waals surface area contributed by atoms with E-state index in [-0.39, 0.29) is 41.5 Å². The van der Waals surface area contributed by atoms with E-state index in [1.54, 1.807) is 24.3 Å². The van der Waals surface area contributed by atoms with E-state index in [4.69, 9.17) is 10.5 Å². The Morgan fingerprint density at radius 3 is 2.64 bits per heavy atom. The topological polar surface area (TPSA) is 124 Å². The van der Waals surface area contributed by atoms with E-state index < -0.39 is 18.6 Å². The molecule has 1 aliphatic carbocycles. The lowest BCUT2D eigenvalue weighted by Crippen LogP contribution is -2.45. The Morgan fingerprint density at radius 1 is 1.19 bits per heavy atom. The summed E-state index contributed by atoms with van der Waals surface area (Å²) >= 11 is 0. The molecule has 0 radical (unpaired) electrons. The average Bonchev–Trinajstić information content (AvgIpc) is 3.56. The van der Waals surface area contributed by atoms with Crippen molar-refractivity contribution in [3.8, 4) is 11.5 Å². The van der Waals surface area contributed by atoms with Crippen molar-refractivity contribution < 1.29 is 32.6 Å². The summed E-state index contributed by atoms with van der Waals surface area (Å²) < 4.78 is 36.1. The first-order chi connectivity index (χ1) is 17.2. The molecular weight excluding hydrogens is 474 g/mol. The summed E-state index contributed by atoms with van der Waals surface area (Å²) in [7, 11) is 0. The highest BCUT2D eigenvalue weighted by molar-refractivity contribution is 5.90. The van der Waals surface area contributed by atoms with Gasteiger partial charge in [-0.15, -0.1) is 0 Å². The molecule has 1 unspecified atom stereocenters. The van der Waals surface area contributed by atoms with Gasteiger partial charge in [0.15, 0.2) is 11.5 Å². The van der Waals surface area contributed by atoms with E-state index in [0.717, 1.165) is 18.4 Å². The number of amides is 3. The van der Waals surface area contributed by atoms with Crippen LogP contribution in [0.3, 0.4) is 0 Å². The number of alkyl halides is 2. The molecule has 2 aliphatic rings. The van der Waals surface area contributed by atoms with Crippen LogP contribution in [-0.4, -0.2) is 53.4 Å². The Hall–Kier alpha value is -3.76. The third-order valence-electron chi connectivity index (χ3n) is 6.34. The largest absolute Gasteiger partial charge is 0.489 e. The molecule has 3 N–H and O–H groups in total. The Morgan fingerprint density at radius 2 is 1.97 bits per heavy atom. The highest BCUT2D eigenvalue weighted by Gasteiger charge is 2.39. The highest BCUT2D eigenvalue weighted by atomic mass is 19.3. The number of halogens is 2. The smallest absolute Gasteiger partial charge is 0.387 e. The van der Waals surface area contributed by atoms with Crippen molar-refractivity contribution in [1.82, 2.24) is 15.2 Å². The Kier molecular flexibility index (Phi) is 7.66. The van der Waals surface area contributed by atoms with Gasteiger partial charge in [-0.1, -0.05) is 12.1 Å². The second-order valence-corrected chi connectivity index (χ2v) is 9.06. The summed E-state index contributed by atoms with van der Waals surface area (Å²) in [6, 6.07) is 8.78. The average molecular weight is 503 g/mol. The van der Waals surface area contributed by atoms with Crippen LogP contribution in [0.1, 0.15) is 53.8 Å². The molecule has 4 rings (SSSR count). The molecule has 3 amide bonds. The quantitative estimate of drug-likeness (QED) is 0.515. The monoisotopic (exact) mass is 502 g/mol. The molecule has 2 atom stereocenters. The number of hydrogen-bond acceptors (Lipinski definition) is 6. The highest BCUT2D eigenvalue weighted by Crippen LogP contribution is 2.39. The molecule has 1 saturated heterocycles. The predicted octanol–water partition coefficient (Wildman–Crippen LogP) is 2.59. The van der Waals surface area contributed by atoms with Crippen molar-refractivity contribution in [2.75, 3.05) is 13.2 Å². The number of nitrogens with one attached hydrogen (secondary N) is 1. The number of rotatable bonds is 10. The van der Waals surface area contributed by atoms with Gasteiger partial charge in [0.05, 0.1) is 18.8 Å². The number of pyridine rings is 1. The third-order valence-corrected chi connectivity index (χ3v) is 6.34. The first-order valence-corrected chi connectivity index (χ1v) is 11.7. The van der Waals surface area contributed by atoms with Crippen molar-refractivity contribution in [1.29, 1.82) is 0 Å². The first-order valence-electron chi connectivity index (χ1n) is 11.7. The minimum absolute atomic E-state index is 0.0456. The van der Waals surface area contributed by atoms with Gasteiger partial charge in [-0.2, -0.15) is 8.78 Å². The fraction of sp³-hybridized carbons (Fsp3) is 0.440. The molecule has 36 heavy (non-hydrogen) atoms. The molecule has 1 aromatic heterocycles. The molecule has 0 bridgehead atoms. The van der Waals surface area contributed by atoms with E-state index >= 15 is 0 Å². The summed E-state index contributed by atoms with van der Waals surface area (Å²) in [5.41, 5.74) is 6.56. The Balaban J connectivity index is 1.47. The molecule has 9 nitrogen and oxygen atoms in total. The van der Waals surface area contributed by atoms with Crippen LogP contribution in [0.25, 0.3) is 0 Å². The lowest BCUT2D eigenvalue weighted by Gasteiger charge is -2.22. The second-order valence-electron chi connectivity index (χ2n) is 9.06. The zero-order valence-corrected chi connectivity index (χ0v) is 19.8. The van der Waals surface area contributed by atoms with Crippen LogP contribution >= 0.6 is 0 Å². The Labute approximate surface area is 206 Å². The van der Waals surface area contributed by atoms with Gasteiger partial charge >= 0.3 is 6.61 Å². The number of ether oxygens (including phenoxy) is 2. The minimum Gasteiger partial charge on any atom is -0.489 e. The fourth-order valence-corrected chi connectivity index (χ4v) is 4.26. The molecule has 192 valence electrons. The summed E-state index contributed by atoms with van der Waals surface area (Å²) in [4.78, 5) is 42.3. The predicted molar refractivity (Wildman–Crippen MR) is 124 cm³/mol. The van der Waals surface area contributed by atoms with Gasteiger partial charge in [-0.05, 0) is 55.0 Å². The second kappa shape index (κ2) is 10.9. The number of carbonyl (C=O) groups is 3. The van der Waals surface area contributed by atoms with Crippen LogP contribution in [-0.2, 0) is 16.1 Å². The zero-order chi connectivity index (χ0) is 25.8. The van der Waals surface area contributed by atoms with Crippen molar-refractivity contribution in [3.05, 3.63) is 53.3 Å². The van der Waals surface area contributed by atoms with Crippen LogP contribution in [0, 0.1) is 5.92 Å². The molecule has 0 spiro atoms. The number of likely N-dealkylation sites (tertiary alicyclic amines) is 1. The zero-order valence-electron chi connectivity index (χ0n) is 19.8. The van der Waals surface area contributed by atoms with Crippen molar-refractivity contribution in [3.63, 3.8) is 0 Å².